The topological polar surface area (TPSA) is 61.2 Å². The second-order valence-corrected chi connectivity index (χ2v) is 2.34. The SMILES string of the molecule is CCOC(=O)Cn1cccnc1=O. The first-order valence-corrected chi connectivity index (χ1v) is 3.91. The summed E-state index contributed by atoms with van der Waals surface area (Å²) in [4.78, 5) is 25.4. The number of aromatic nitrogens is 2. The summed E-state index contributed by atoms with van der Waals surface area (Å²) < 4.78 is 5.87. The van der Waals surface area contributed by atoms with Crippen LogP contribution in [-0.4, -0.2) is 22.1 Å². The lowest BCUT2D eigenvalue weighted by molar-refractivity contribution is -0.143. The van der Waals surface area contributed by atoms with Gasteiger partial charge in [-0.1, -0.05) is 0 Å². The number of esters is 1. The van der Waals surface area contributed by atoms with E-state index in [0.717, 1.165) is 0 Å². The average molecular weight is 182 g/mol. The van der Waals surface area contributed by atoms with Crippen LogP contribution in [0.1, 0.15) is 6.92 Å². The summed E-state index contributed by atoms with van der Waals surface area (Å²) in [5, 5.41) is 0. The predicted octanol–water partition coefficient (Wildman–Crippen LogP) is -0.194. The molecule has 0 fully saturated rings. The van der Waals surface area contributed by atoms with Crippen LogP contribution >= 0.6 is 0 Å². The minimum atomic E-state index is -0.449. The molecule has 0 saturated heterocycles. The van der Waals surface area contributed by atoms with Gasteiger partial charge in [0, 0.05) is 12.4 Å². The standard InChI is InChI=1S/C8H10N2O3/c1-2-13-7(11)6-10-5-3-4-9-8(10)12/h3-5H,2,6H2,1H3. The molecule has 5 nitrogen and oxygen atoms in total. The molecule has 1 aromatic heterocycles. The van der Waals surface area contributed by atoms with Gasteiger partial charge in [0.15, 0.2) is 0 Å². The van der Waals surface area contributed by atoms with E-state index in [1.165, 1.54) is 17.0 Å². The van der Waals surface area contributed by atoms with Crippen molar-refractivity contribution >= 4 is 5.97 Å². The normalized spacial score (nSPS) is 9.62. The van der Waals surface area contributed by atoms with E-state index in [0.29, 0.717) is 6.61 Å². The number of nitrogens with zero attached hydrogens (tertiary/aromatic N) is 2. The van der Waals surface area contributed by atoms with Gasteiger partial charge in [-0.25, -0.2) is 9.78 Å². The third-order valence-corrected chi connectivity index (χ3v) is 1.39. The minimum Gasteiger partial charge on any atom is -0.465 e. The smallest absolute Gasteiger partial charge is 0.348 e. The molecule has 0 saturated carbocycles. The van der Waals surface area contributed by atoms with Crippen LogP contribution in [-0.2, 0) is 16.1 Å². The Morgan fingerprint density at radius 1 is 1.69 bits per heavy atom. The van der Waals surface area contributed by atoms with Gasteiger partial charge in [0.2, 0.25) is 0 Å². The first kappa shape index (κ1) is 9.44. The molecular formula is C8H10N2O3. The van der Waals surface area contributed by atoms with Crippen LogP contribution < -0.4 is 5.69 Å². The number of hydrogen-bond donors (Lipinski definition) is 0. The molecule has 0 aromatic carbocycles. The van der Waals surface area contributed by atoms with Gasteiger partial charge in [-0.15, -0.1) is 0 Å². The van der Waals surface area contributed by atoms with Crippen LogP contribution in [0.25, 0.3) is 0 Å². The van der Waals surface area contributed by atoms with Crippen LogP contribution in [0.15, 0.2) is 23.3 Å². The Kier molecular flexibility index (Phi) is 3.19. The molecule has 0 atom stereocenters. The molecule has 70 valence electrons. The zero-order valence-electron chi connectivity index (χ0n) is 7.27. The van der Waals surface area contributed by atoms with E-state index in [-0.39, 0.29) is 6.54 Å². The van der Waals surface area contributed by atoms with E-state index in [4.69, 9.17) is 0 Å². The largest absolute Gasteiger partial charge is 0.465 e. The molecule has 0 radical (unpaired) electrons. The summed E-state index contributed by atoms with van der Waals surface area (Å²) in [6.07, 6.45) is 2.87. The van der Waals surface area contributed by atoms with E-state index < -0.39 is 11.7 Å². The van der Waals surface area contributed by atoms with Gasteiger partial charge < -0.3 is 4.74 Å². The fourth-order valence-electron chi connectivity index (χ4n) is 0.853. The molecule has 5 heteroatoms. The Labute approximate surface area is 75.0 Å². The molecule has 1 heterocycles. The van der Waals surface area contributed by atoms with Crippen molar-refractivity contribution in [1.82, 2.24) is 9.55 Å². The molecule has 0 aliphatic rings. The zero-order valence-corrected chi connectivity index (χ0v) is 7.27. The molecular weight excluding hydrogens is 172 g/mol. The number of hydrogen-bond acceptors (Lipinski definition) is 4. The minimum absolute atomic E-state index is 0.0828. The maximum absolute atomic E-state index is 11.0. The van der Waals surface area contributed by atoms with Crippen LogP contribution in [0.2, 0.25) is 0 Å². The van der Waals surface area contributed by atoms with Crippen molar-refractivity contribution < 1.29 is 9.53 Å². The first-order valence-electron chi connectivity index (χ1n) is 3.91. The maximum Gasteiger partial charge on any atom is 0.348 e. The van der Waals surface area contributed by atoms with Crippen molar-refractivity contribution in [3.8, 4) is 0 Å². The third kappa shape index (κ3) is 2.70. The lowest BCUT2D eigenvalue weighted by Crippen LogP contribution is -2.26. The van der Waals surface area contributed by atoms with Crippen molar-refractivity contribution in [2.75, 3.05) is 6.61 Å². The number of carbonyl (C=O) groups excluding carboxylic acids is 1. The van der Waals surface area contributed by atoms with E-state index in [2.05, 4.69) is 9.72 Å². The summed E-state index contributed by atoms with van der Waals surface area (Å²) in [6, 6.07) is 1.58. The summed E-state index contributed by atoms with van der Waals surface area (Å²) in [5.74, 6) is -0.433. The molecule has 1 aromatic rings. The summed E-state index contributed by atoms with van der Waals surface area (Å²) in [6.45, 7) is 1.94. The van der Waals surface area contributed by atoms with E-state index in [1.54, 1.807) is 13.0 Å². The van der Waals surface area contributed by atoms with Gasteiger partial charge in [0.25, 0.3) is 0 Å². The van der Waals surface area contributed by atoms with Crippen molar-refractivity contribution in [2.45, 2.75) is 13.5 Å². The van der Waals surface area contributed by atoms with Crippen molar-refractivity contribution in [2.24, 2.45) is 0 Å². The molecule has 0 aliphatic heterocycles. The summed E-state index contributed by atoms with van der Waals surface area (Å²) in [7, 11) is 0. The highest BCUT2D eigenvalue weighted by Crippen LogP contribution is 1.84. The predicted molar refractivity (Wildman–Crippen MR) is 45.1 cm³/mol. The molecule has 1 rings (SSSR count). The van der Waals surface area contributed by atoms with Gasteiger partial charge in [0.1, 0.15) is 6.54 Å². The molecule has 0 spiro atoms. The van der Waals surface area contributed by atoms with Crippen molar-refractivity contribution in [3.05, 3.63) is 28.9 Å². The molecule has 0 unspecified atom stereocenters. The number of rotatable bonds is 3. The second-order valence-electron chi connectivity index (χ2n) is 2.34. The van der Waals surface area contributed by atoms with Gasteiger partial charge in [-0.2, -0.15) is 0 Å². The lowest BCUT2D eigenvalue weighted by atomic mass is 10.6. The number of ether oxygens (including phenoxy) is 1. The highest BCUT2D eigenvalue weighted by atomic mass is 16.5. The fraction of sp³-hybridized carbons (Fsp3) is 0.375. The van der Waals surface area contributed by atoms with Crippen molar-refractivity contribution in [1.29, 1.82) is 0 Å². The van der Waals surface area contributed by atoms with Gasteiger partial charge >= 0.3 is 11.7 Å². The Bertz CT molecular complexity index is 345. The lowest BCUT2D eigenvalue weighted by Gasteiger charge is -2.02. The van der Waals surface area contributed by atoms with Crippen LogP contribution in [0.4, 0.5) is 0 Å². The zero-order chi connectivity index (χ0) is 9.68. The maximum atomic E-state index is 11.0. The number of carbonyl (C=O) groups is 1. The van der Waals surface area contributed by atoms with E-state index in [1.807, 2.05) is 0 Å². The monoisotopic (exact) mass is 182 g/mol. The van der Waals surface area contributed by atoms with Crippen LogP contribution in [0.5, 0.6) is 0 Å². The first-order chi connectivity index (χ1) is 6.24. The van der Waals surface area contributed by atoms with Gasteiger partial charge in [0.05, 0.1) is 6.61 Å². The average Bonchev–Trinajstić information content (AvgIpc) is 2.09. The van der Waals surface area contributed by atoms with Gasteiger partial charge in [-0.3, -0.25) is 9.36 Å². The molecule has 13 heavy (non-hydrogen) atoms. The van der Waals surface area contributed by atoms with Crippen molar-refractivity contribution in [3.63, 3.8) is 0 Å². The highest BCUT2D eigenvalue weighted by molar-refractivity contribution is 5.69. The van der Waals surface area contributed by atoms with E-state index in [9.17, 15) is 9.59 Å². The highest BCUT2D eigenvalue weighted by Gasteiger charge is 2.03. The Hall–Kier alpha value is -1.65. The van der Waals surface area contributed by atoms with Crippen LogP contribution in [0, 0.1) is 0 Å². The Morgan fingerprint density at radius 2 is 2.46 bits per heavy atom. The summed E-state index contributed by atoms with van der Waals surface area (Å²) in [5.41, 5.74) is -0.449. The summed E-state index contributed by atoms with van der Waals surface area (Å²) >= 11 is 0. The van der Waals surface area contributed by atoms with Crippen LogP contribution in [0.3, 0.4) is 0 Å². The molecule has 0 aliphatic carbocycles. The quantitative estimate of drug-likeness (QED) is 0.608. The second kappa shape index (κ2) is 4.39. The van der Waals surface area contributed by atoms with Gasteiger partial charge in [-0.05, 0) is 13.0 Å². The van der Waals surface area contributed by atoms with E-state index >= 15 is 0 Å². The Balaban J connectivity index is 2.69. The molecule has 0 bridgehead atoms. The fourth-order valence-corrected chi connectivity index (χ4v) is 0.853. The molecule has 0 amide bonds. The third-order valence-electron chi connectivity index (χ3n) is 1.39. The molecule has 0 N–H and O–H groups in total. The Morgan fingerprint density at radius 3 is 3.08 bits per heavy atom.